The molecule has 2 rings (SSSR count). The summed E-state index contributed by atoms with van der Waals surface area (Å²) in [7, 11) is 0. The van der Waals surface area contributed by atoms with Gasteiger partial charge in [-0.1, -0.05) is 18.2 Å². The number of nitrogens with zero attached hydrogens (tertiary/aromatic N) is 1. The molecular formula is C14H19ClF4N2O. The van der Waals surface area contributed by atoms with Gasteiger partial charge in [-0.25, -0.2) is 8.78 Å². The van der Waals surface area contributed by atoms with E-state index in [4.69, 9.17) is 0 Å². The zero-order valence-corrected chi connectivity index (χ0v) is 12.7. The smallest absolute Gasteiger partial charge is 0.387 e. The van der Waals surface area contributed by atoms with Crippen molar-refractivity contribution in [3.63, 3.8) is 0 Å². The number of rotatable bonds is 6. The number of piperazine rings is 1. The number of hydrogen-bond acceptors (Lipinski definition) is 3. The van der Waals surface area contributed by atoms with E-state index < -0.39 is 25.5 Å². The molecular weight excluding hydrogens is 324 g/mol. The molecule has 22 heavy (non-hydrogen) atoms. The van der Waals surface area contributed by atoms with Gasteiger partial charge in [0.2, 0.25) is 6.43 Å². The molecule has 1 aliphatic rings. The molecule has 0 aliphatic carbocycles. The predicted octanol–water partition coefficient (Wildman–Crippen LogP) is 3.31. The lowest BCUT2D eigenvalue weighted by molar-refractivity contribution is -0.0516. The molecule has 1 fully saturated rings. The number of nitrogens with one attached hydrogen (secondary N) is 1. The van der Waals surface area contributed by atoms with Gasteiger partial charge in [-0.3, -0.25) is 4.90 Å². The first-order valence-corrected chi connectivity index (χ1v) is 6.84. The van der Waals surface area contributed by atoms with Gasteiger partial charge in [0, 0.05) is 44.2 Å². The van der Waals surface area contributed by atoms with Gasteiger partial charge in [0.25, 0.3) is 0 Å². The van der Waals surface area contributed by atoms with E-state index in [0.29, 0.717) is 31.7 Å². The molecule has 0 saturated carbocycles. The minimum Gasteiger partial charge on any atom is -0.434 e. The highest BCUT2D eigenvalue weighted by Crippen LogP contribution is 2.34. The van der Waals surface area contributed by atoms with Crippen molar-refractivity contribution in [3.05, 3.63) is 29.8 Å². The lowest BCUT2D eigenvalue weighted by Crippen LogP contribution is -2.45. The number of halogens is 5. The fourth-order valence-corrected chi connectivity index (χ4v) is 2.59. The highest BCUT2D eigenvalue weighted by Gasteiger charge is 2.28. The average Bonchev–Trinajstić information content (AvgIpc) is 2.46. The van der Waals surface area contributed by atoms with Gasteiger partial charge in [0.15, 0.2) is 0 Å². The second kappa shape index (κ2) is 9.17. The van der Waals surface area contributed by atoms with E-state index in [9.17, 15) is 17.6 Å². The summed E-state index contributed by atoms with van der Waals surface area (Å²) in [5.41, 5.74) is 0.389. The van der Waals surface area contributed by atoms with Gasteiger partial charge in [-0.2, -0.15) is 8.78 Å². The number of ether oxygens (including phenoxy) is 1. The minimum atomic E-state index is -2.97. The average molecular weight is 343 g/mol. The van der Waals surface area contributed by atoms with Crippen molar-refractivity contribution in [1.29, 1.82) is 0 Å². The Morgan fingerprint density at radius 1 is 1.09 bits per heavy atom. The summed E-state index contributed by atoms with van der Waals surface area (Å²) in [5, 5.41) is 3.14. The maximum Gasteiger partial charge on any atom is 0.387 e. The topological polar surface area (TPSA) is 24.5 Å². The molecule has 1 saturated heterocycles. The summed E-state index contributed by atoms with van der Waals surface area (Å²) in [4.78, 5) is 1.89. The largest absolute Gasteiger partial charge is 0.434 e. The molecule has 1 N–H and O–H groups in total. The Bertz CT molecular complexity index is 445. The van der Waals surface area contributed by atoms with E-state index in [1.807, 2.05) is 4.90 Å². The molecule has 1 aromatic rings. The molecule has 1 atom stereocenters. The molecule has 3 nitrogen and oxygen atoms in total. The van der Waals surface area contributed by atoms with Crippen molar-refractivity contribution >= 4 is 12.4 Å². The first-order valence-electron chi connectivity index (χ1n) is 6.84. The molecule has 0 radical (unpaired) electrons. The van der Waals surface area contributed by atoms with Crippen LogP contribution in [0.5, 0.6) is 5.75 Å². The fraction of sp³-hybridized carbons (Fsp3) is 0.571. The van der Waals surface area contributed by atoms with Gasteiger partial charge in [0.1, 0.15) is 5.75 Å². The second-order valence-electron chi connectivity index (χ2n) is 4.84. The van der Waals surface area contributed by atoms with Crippen LogP contribution >= 0.6 is 12.4 Å². The van der Waals surface area contributed by atoms with Crippen LogP contribution in [0.3, 0.4) is 0 Å². The fourth-order valence-electron chi connectivity index (χ4n) is 2.59. The monoisotopic (exact) mass is 342 g/mol. The van der Waals surface area contributed by atoms with Crippen molar-refractivity contribution in [2.24, 2.45) is 0 Å². The van der Waals surface area contributed by atoms with Crippen molar-refractivity contribution < 1.29 is 22.3 Å². The third kappa shape index (κ3) is 5.30. The Kier molecular flexibility index (Phi) is 7.92. The van der Waals surface area contributed by atoms with Crippen LogP contribution in [0.15, 0.2) is 24.3 Å². The number of hydrogen-bond donors (Lipinski definition) is 1. The van der Waals surface area contributed by atoms with Crippen molar-refractivity contribution in [3.8, 4) is 5.75 Å². The molecule has 1 aromatic carbocycles. The highest BCUT2D eigenvalue weighted by molar-refractivity contribution is 5.85. The quantitative estimate of drug-likeness (QED) is 0.803. The van der Waals surface area contributed by atoms with Gasteiger partial charge in [-0.15, -0.1) is 12.4 Å². The van der Waals surface area contributed by atoms with Crippen LogP contribution in [0, 0.1) is 0 Å². The molecule has 126 valence electrons. The van der Waals surface area contributed by atoms with E-state index >= 15 is 0 Å². The van der Waals surface area contributed by atoms with Gasteiger partial charge < -0.3 is 10.1 Å². The molecule has 0 bridgehead atoms. The maximum absolute atomic E-state index is 12.9. The molecule has 0 spiro atoms. The predicted molar refractivity (Wildman–Crippen MR) is 78.1 cm³/mol. The zero-order chi connectivity index (χ0) is 15.2. The number of benzene rings is 1. The Balaban J connectivity index is 0.00000242. The molecule has 1 heterocycles. The maximum atomic E-state index is 12.9. The minimum absolute atomic E-state index is 0. The van der Waals surface area contributed by atoms with Crippen molar-refractivity contribution in [2.75, 3.05) is 26.2 Å². The van der Waals surface area contributed by atoms with Gasteiger partial charge in [0.05, 0.1) is 0 Å². The van der Waals surface area contributed by atoms with Crippen LogP contribution in [0.2, 0.25) is 0 Å². The van der Waals surface area contributed by atoms with E-state index in [2.05, 4.69) is 10.1 Å². The first kappa shape index (κ1) is 19.0. The normalized spacial score (nSPS) is 17.4. The van der Waals surface area contributed by atoms with Crippen LogP contribution < -0.4 is 10.1 Å². The van der Waals surface area contributed by atoms with Gasteiger partial charge >= 0.3 is 6.61 Å². The Morgan fingerprint density at radius 3 is 2.32 bits per heavy atom. The van der Waals surface area contributed by atoms with Crippen LogP contribution in [0.4, 0.5) is 17.6 Å². The summed E-state index contributed by atoms with van der Waals surface area (Å²) in [5.74, 6) is -0.0308. The molecule has 1 aliphatic heterocycles. The zero-order valence-electron chi connectivity index (χ0n) is 11.9. The summed E-state index contributed by atoms with van der Waals surface area (Å²) < 4.78 is 55.2. The van der Waals surface area contributed by atoms with Gasteiger partial charge in [-0.05, 0) is 6.07 Å². The summed E-state index contributed by atoms with van der Waals surface area (Å²) in [6, 6.07) is 5.55. The van der Waals surface area contributed by atoms with E-state index in [1.165, 1.54) is 6.07 Å². The SMILES string of the molecule is Cl.FC(F)C[C@@H](c1ccccc1OC(F)F)N1CCNCC1. The van der Waals surface area contributed by atoms with E-state index in [-0.39, 0.29) is 18.2 Å². The standard InChI is InChI=1S/C14H18F4N2O.ClH/c15-13(16)9-11(20-7-5-19-6-8-20)10-3-1-2-4-12(10)21-14(17)18;/h1-4,11,13-14,19H,5-9H2;1H/t11-;/m0./s1. The van der Waals surface area contributed by atoms with Crippen LogP contribution in [0.25, 0.3) is 0 Å². The van der Waals surface area contributed by atoms with Crippen molar-refractivity contribution in [2.45, 2.75) is 25.5 Å². The van der Waals surface area contributed by atoms with Crippen molar-refractivity contribution in [1.82, 2.24) is 10.2 Å². The summed E-state index contributed by atoms with van der Waals surface area (Å²) in [6.45, 7) is -0.392. The molecule has 8 heteroatoms. The highest BCUT2D eigenvalue weighted by atomic mass is 35.5. The number of alkyl halides is 4. The Morgan fingerprint density at radius 2 is 1.73 bits per heavy atom. The molecule has 0 amide bonds. The van der Waals surface area contributed by atoms with Crippen LogP contribution in [-0.2, 0) is 0 Å². The third-order valence-electron chi connectivity index (χ3n) is 3.49. The van der Waals surface area contributed by atoms with E-state index in [1.54, 1.807) is 18.2 Å². The van der Waals surface area contributed by atoms with E-state index in [0.717, 1.165) is 0 Å². The Hall–Kier alpha value is -1.05. The lowest BCUT2D eigenvalue weighted by atomic mass is 10.00. The molecule has 0 unspecified atom stereocenters. The number of para-hydroxylation sites is 1. The van der Waals surface area contributed by atoms with Crippen LogP contribution in [-0.4, -0.2) is 44.1 Å². The second-order valence-corrected chi connectivity index (χ2v) is 4.84. The third-order valence-corrected chi connectivity index (χ3v) is 3.49. The first-order chi connectivity index (χ1) is 10.1. The Labute approximate surface area is 133 Å². The lowest BCUT2D eigenvalue weighted by Gasteiger charge is -2.35. The van der Waals surface area contributed by atoms with Crippen LogP contribution in [0.1, 0.15) is 18.0 Å². The molecule has 0 aromatic heterocycles. The summed E-state index contributed by atoms with van der Waals surface area (Å²) in [6.07, 6.45) is -2.91. The summed E-state index contributed by atoms with van der Waals surface area (Å²) >= 11 is 0.